The third-order valence-corrected chi connectivity index (χ3v) is 4.94. The third kappa shape index (κ3) is 2.70. The van der Waals surface area contributed by atoms with Crippen LogP contribution in [0, 0.1) is 5.82 Å². The van der Waals surface area contributed by atoms with Crippen LogP contribution in [-0.4, -0.2) is 37.4 Å². The molecule has 0 radical (unpaired) electrons. The van der Waals surface area contributed by atoms with E-state index in [1.807, 2.05) is 0 Å². The van der Waals surface area contributed by atoms with Crippen LogP contribution in [0.25, 0.3) is 0 Å². The van der Waals surface area contributed by atoms with Crippen molar-refractivity contribution in [3.63, 3.8) is 0 Å². The molecule has 1 aliphatic carbocycles. The van der Waals surface area contributed by atoms with E-state index in [0.717, 1.165) is 24.9 Å². The quantitative estimate of drug-likeness (QED) is 0.933. The molecule has 1 aliphatic heterocycles. The van der Waals surface area contributed by atoms with E-state index in [9.17, 15) is 14.3 Å². The van der Waals surface area contributed by atoms with Crippen molar-refractivity contribution in [3.05, 3.63) is 29.6 Å². The number of nitrogens with zero attached hydrogens (tertiary/aromatic N) is 1. The molecule has 0 spiro atoms. The average Bonchev–Trinajstić information content (AvgIpc) is 2.56. The SMILES string of the molecule is O=C(O)C1(c2cc(F)ccc2N2CCOCC2)CCCCC1. The van der Waals surface area contributed by atoms with Crippen LogP contribution in [0.2, 0.25) is 0 Å². The first-order valence-corrected chi connectivity index (χ1v) is 8.00. The van der Waals surface area contributed by atoms with E-state index in [2.05, 4.69) is 4.90 Å². The highest BCUT2D eigenvalue weighted by Crippen LogP contribution is 2.44. The molecule has 1 saturated heterocycles. The minimum absolute atomic E-state index is 0.363. The van der Waals surface area contributed by atoms with Crippen molar-refractivity contribution in [1.82, 2.24) is 0 Å². The van der Waals surface area contributed by atoms with Crippen molar-refractivity contribution >= 4 is 11.7 Å². The minimum Gasteiger partial charge on any atom is -0.481 e. The monoisotopic (exact) mass is 307 g/mol. The summed E-state index contributed by atoms with van der Waals surface area (Å²) in [5.74, 6) is -1.19. The maximum absolute atomic E-state index is 13.9. The number of aliphatic carboxylic acids is 1. The summed E-state index contributed by atoms with van der Waals surface area (Å²) in [6.45, 7) is 2.68. The summed E-state index contributed by atoms with van der Waals surface area (Å²) in [6.07, 6.45) is 3.99. The van der Waals surface area contributed by atoms with E-state index >= 15 is 0 Å². The van der Waals surface area contributed by atoms with Gasteiger partial charge in [-0.2, -0.15) is 0 Å². The number of benzene rings is 1. The maximum Gasteiger partial charge on any atom is 0.314 e. The smallest absolute Gasteiger partial charge is 0.314 e. The molecule has 2 fully saturated rings. The van der Waals surface area contributed by atoms with Gasteiger partial charge in [-0.15, -0.1) is 0 Å². The summed E-state index contributed by atoms with van der Waals surface area (Å²) in [5, 5.41) is 9.89. The van der Waals surface area contributed by atoms with Crippen LogP contribution in [0.4, 0.5) is 10.1 Å². The lowest BCUT2D eigenvalue weighted by atomic mass is 9.68. The lowest BCUT2D eigenvalue weighted by molar-refractivity contribution is -0.145. The van der Waals surface area contributed by atoms with E-state index in [-0.39, 0.29) is 5.82 Å². The molecule has 5 heteroatoms. The van der Waals surface area contributed by atoms with Gasteiger partial charge in [-0.1, -0.05) is 19.3 Å². The van der Waals surface area contributed by atoms with Crippen LogP contribution in [-0.2, 0) is 14.9 Å². The minimum atomic E-state index is -0.950. The van der Waals surface area contributed by atoms with Crippen LogP contribution < -0.4 is 4.90 Å². The second-order valence-electron chi connectivity index (χ2n) is 6.21. The molecule has 1 heterocycles. The van der Waals surface area contributed by atoms with Gasteiger partial charge in [0.25, 0.3) is 0 Å². The molecule has 22 heavy (non-hydrogen) atoms. The number of morpholine rings is 1. The molecule has 0 unspecified atom stereocenters. The van der Waals surface area contributed by atoms with E-state index in [0.29, 0.717) is 44.7 Å². The number of halogens is 1. The van der Waals surface area contributed by atoms with Crippen molar-refractivity contribution in [2.75, 3.05) is 31.2 Å². The molecule has 0 bridgehead atoms. The lowest BCUT2D eigenvalue weighted by Crippen LogP contribution is -2.42. The fourth-order valence-corrected chi connectivity index (χ4v) is 3.73. The number of hydrogen-bond donors (Lipinski definition) is 1. The summed E-state index contributed by atoms with van der Waals surface area (Å²) in [5.41, 5.74) is 0.546. The molecule has 2 aliphatic rings. The number of carboxylic acid groups (broad SMARTS) is 1. The van der Waals surface area contributed by atoms with E-state index in [1.165, 1.54) is 12.1 Å². The van der Waals surface area contributed by atoms with E-state index in [4.69, 9.17) is 4.74 Å². The van der Waals surface area contributed by atoms with Crippen LogP contribution in [0.15, 0.2) is 18.2 Å². The van der Waals surface area contributed by atoms with Crippen LogP contribution in [0.3, 0.4) is 0 Å². The van der Waals surface area contributed by atoms with Crippen molar-refractivity contribution in [1.29, 1.82) is 0 Å². The van der Waals surface area contributed by atoms with Crippen LogP contribution in [0.1, 0.15) is 37.7 Å². The zero-order valence-electron chi connectivity index (χ0n) is 12.7. The summed E-state index contributed by atoms with van der Waals surface area (Å²) >= 11 is 0. The van der Waals surface area contributed by atoms with Gasteiger partial charge >= 0.3 is 5.97 Å². The Hall–Kier alpha value is -1.62. The molecule has 0 aromatic heterocycles. The molecule has 0 atom stereocenters. The summed E-state index contributed by atoms with van der Waals surface area (Å²) in [6, 6.07) is 4.59. The summed E-state index contributed by atoms with van der Waals surface area (Å²) in [7, 11) is 0. The Kier molecular flexibility index (Phi) is 4.34. The maximum atomic E-state index is 13.9. The second-order valence-corrected chi connectivity index (χ2v) is 6.21. The number of rotatable bonds is 3. The van der Waals surface area contributed by atoms with Gasteiger partial charge < -0.3 is 14.7 Å². The molecule has 1 aromatic carbocycles. The predicted octanol–water partition coefficient (Wildman–Crippen LogP) is 2.95. The Morgan fingerprint density at radius 1 is 1.18 bits per heavy atom. The van der Waals surface area contributed by atoms with Crippen molar-refractivity contribution in [3.8, 4) is 0 Å². The van der Waals surface area contributed by atoms with Crippen molar-refractivity contribution in [2.24, 2.45) is 0 Å². The van der Waals surface area contributed by atoms with Gasteiger partial charge in [0, 0.05) is 18.8 Å². The topological polar surface area (TPSA) is 49.8 Å². The Bertz CT molecular complexity index is 549. The zero-order chi connectivity index (χ0) is 15.6. The van der Waals surface area contributed by atoms with Gasteiger partial charge in [-0.25, -0.2) is 4.39 Å². The zero-order valence-corrected chi connectivity index (χ0v) is 12.7. The molecule has 1 N–H and O–H groups in total. The van der Waals surface area contributed by atoms with Gasteiger partial charge in [0.2, 0.25) is 0 Å². The number of carbonyl (C=O) groups is 1. The van der Waals surface area contributed by atoms with E-state index < -0.39 is 11.4 Å². The first-order chi connectivity index (χ1) is 10.6. The Morgan fingerprint density at radius 2 is 1.86 bits per heavy atom. The average molecular weight is 307 g/mol. The molecule has 3 rings (SSSR count). The highest BCUT2D eigenvalue weighted by atomic mass is 19.1. The van der Waals surface area contributed by atoms with Gasteiger partial charge in [0.15, 0.2) is 0 Å². The first kappa shape index (κ1) is 15.3. The number of ether oxygens (including phenoxy) is 1. The summed E-state index contributed by atoms with van der Waals surface area (Å²) < 4.78 is 19.2. The molecule has 120 valence electrons. The van der Waals surface area contributed by atoms with Gasteiger partial charge in [-0.3, -0.25) is 4.79 Å². The predicted molar refractivity (Wildman–Crippen MR) is 81.8 cm³/mol. The van der Waals surface area contributed by atoms with Crippen molar-refractivity contribution < 1.29 is 19.0 Å². The molecule has 0 amide bonds. The fraction of sp³-hybridized carbons (Fsp3) is 0.588. The van der Waals surface area contributed by atoms with Gasteiger partial charge in [-0.05, 0) is 36.6 Å². The lowest BCUT2D eigenvalue weighted by Gasteiger charge is -2.38. The molecular weight excluding hydrogens is 285 g/mol. The molecule has 4 nitrogen and oxygen atoms in total. The van der Waals surface area contributed by atoms with Crippen LogP contribution >= 0.6 is 0 Å². The molecule has 1 aromatic rings. The normalized spacial score (nSPS) is 21.6. The number of hydrogen-bond acceptors (Lipinski definition) is 3. The Balaban J connectivity index is 2.06. The summed E-state index contributed by atoms with van der Waals surface area (Å²) in [4.78, 5) is 14.2. The Morgan fingerprint density at radius 3 is 2.50 bits per heavy atom. The van der Waals surface area contributed by atoms with E-state index in [1.54, 1.807) is 6.07 Å². The van der Waals surface area contributed by atoms with Crippen molar-refractivity contribution in [2.45, 2.75) is 37.5 Å². The highest BCUT2D eigenvalue weighted by molar-refractivity contribution is 5.84. The molecule has 1 saturated carbocycles. The Labute approximate surface area is 129 Å². The number of carboxylic acids is 1. The molecular formula is C17H22FNO3. The second kappa shape index (κ2) is 6.24. The van der Waals surface area contributed by atoms with Gasteiger partial charge in [0.1, 0.15) is 5.82 Å². The first-order valence-electron chi connectivity index (χ1n) is 8.00. The third-order valence-electron chi connectivity index (χ3n) is 4.94. The highest BCUT2D eigenvalue weighted by Gasteiger charge is 2.43. The number of anilines is 1. The fourth-order valence-electron chi connectivity index (χ4n) is 3.73. The van der Waals surface area contributed by atoms with Gasteiger partial charge in [0.05, 0.1) is 18.6 Å². The largest absolute Gasteiger partial charge is 0.481 e. The standard InChI is InChI=1S/C17H22FNO3/c18-13-4-5-15(19-8-10-22-11-9-19)14(12-13)17(16(20)21)6-2-1-3-7-17/h4-5,12H,1-3,6-11H2,(H,20,21). The van der Waals surface area contributed by atoms with Crippen LogP contribution in [0.5, 0.6) is 0 Å².